The Morgan fingerprint density at radius 1 is 1.15 bits per heavy atom. The number of nitrogens with one attached hydrogen (secondary N) is 3. The molecule has 20 heavy (non-hydrogen) atoms. The summed E-state index contributed by atoms with van der Waals surface area (Å²) in [4.78, 5) is 26.1. The highest BCUT2D eigenvalue weighted by Crippen LogP contribution is 2.34. The van der Waals surface area contributed by atoms with Gasteiger partial charge in [-0.25, -0.2) is 4.79 Å². The molecule has 3 N–H and O–H groups in total. The maximum atomic E-state index is 12.6. The molecule has 2 unspecified atom stereocenters. The minimum absolute atomic E-state index is 0.0595. The van der Waals surface area contributed by atoms with Gasteiger partial charge in [-0.3, -0.25) is 4.79 Å². The predicted molar refractivity (Wildman–Crippen MR) is 73.1 cm³/mol. The van der Waals surface area contributed by atoms with Gasteiger partial charge in [0.2, 0.25) is 5.91 Å². The quantitative estimate of drug-likeness (QED) is 0.647. The van der Waals surface area contributed by atoms with Crippen molar-refractivity contribution in [3.8, 4) is 0 Å². The van der Waals surface area contributed by atoms with Crippen LogP contribution in [0.3, 0.4) is 0 Å². The van der Waals surface area contributed by atoms with Crippen LogP contribution in [0.25, 0.3) is 0 Å². The number of carbonyl (C=O) groups is 2. The zero-order valence-corrected chi connectivity index (χ0v) is 11.6. The molecule has 1 saturated carbocycles. The van der Waals surface area contributed by atoms with Gasteiger partial charge in [-0.05, 0) is 50.6 Å². The summed E-state index contributed by atoms with van der Waals surface area (Å²) in [6, 6.07) is 0.234. The largest absolute Gasteiger partial charge is 0.351 e. The van der Waals surface area contributed by atoms with Crippen molar-refractivity contribution < 1.29 is 9.59 Å². The number of piperidine rings is 2. The molecule has 4 rings (SSSR count). The van der Waals surface area contributed by atoms with E-state index in [4.69, 9.17) is 0 Å². The Morgan fingerprint density at radius 3 is 2.65 bits per heavy atom. The fourth-order valence-electron chi connectivity index (χ4n) is 4.42. The molecule has 3 saturated heterocycles. The van der Waals surface area contributed by atoms with Crippen LogP contribution in [0.2, 0.25) is 0 Å². The molecule has 4 fully saturated rings. The van der Waals surface area contributed by atoms with Gasteiger partial charge in [0.25, 0.3) is 0 Å². The van der Waals surface area contributed by atoms with Crippen LogP contribution in [0.1, 0.15) is 25.7 Å². The fourth-order valence-corrected chi connectivity index (χ4v) is 4.42. The highest BCUT2D eigenvalue weighted by Gasteiger charge is 2.45. The van der Waals surface area contributed by atoms with Crippen LogP contribution in [0, 0.1) is 11.8 Å². The van der Waals surface area contributed by atoms with E-state index < -0.39 is 0 Å². The van der Waals surface area contributed by atoms with Gasteiger partial charge in [-0.15, -0.1) is 0 Å². The molecule has 0 aromatic carbocycles. The zero-order valence-electron chi connectivity index (χ0n) is 11.6. The van der Waals surface area contributed by atoms with Crippen LogP contribution < -0.4 is 16.0 Å². The van der Waals surface area contributed by atoms with E-state index in [2.05, 4.69) is 16.0 Å². The Kier molecular flexibility index (Phi) is 2.87. The molecule has 3 aliphatic heterocycles. The lowest BCUT2D eigenvalue weighted by Gasteiger charge is -2.35. The van der Waals surface area contributed by atoms with Crippen LogP contribution in [0.4, 0.5) is 4.79 Å². The molecule has 4 aliphatic rings. The highest BCUT2D eigenvalue weighted by molar-refractivity contribution is 5.89. The topological polar surface area (TPSA) is 73.5 Å². The molecule has 1 aliphatic carbocycles. The second kappa shape index (κ2) is 4.62. The minimum Gasteiger partial charge on any atom is -0.351 e. The number of hydrogen-bond acceptors (Lipinski definition) is 3. The van der Waals surface area contributed by atoms with Crippen LogP contribution in [0.15, 0.2) is 0 Å². The smallest absolute Gasteiger partial charge is 0.318 e. The van der Waals surface area contributed by atoms with Crippen molar-refractivity contribution in [3.63, 3.8) is 0 Å². The van der Waals surface area contributed by atoms with E-state index in [0.29, 0.717) is 24.4 Å². The minimum atomic E-state index is -0.261. The maximum Gasteiger partial charge on any atom is 0.318 e. The fraction of sp³-hybridized carbons (Fsp3) is 0.857. The molecular weight excluding hydrogens is 256 g/mol. The lowest BCUT2D eigenvalue weighted by Crippen LogP contribution is -2.57. The second-order valence-electron chi connectivity index (χ2n) is 6.68. The van der Waals surface area contributed by atoms with Gasteiger partial charge in [0.1, 0.15) is 6.04 Å². The molecule has 0 radical (unpaired) electrons. The Balaban J connectivity index is 1.44. The molecule has 0 spiro atoms. The van der Waals surface area contributed by atoms with E-state index in [1.807, 2.05) is 0 Å². The molecule has 6 nitrogen and oxygen atoms in total. The van der Waals surface area contributed by atoms with Crippen LogP contribution in [-0.2, 0) is 4.79 Å². The van der Waals surface area contributed by atoms with Crippen LogP contribution in [0.5, 0.6) is 0 Å². The number of urea groups is 1. The Morgan fingerprint density at radius 2 is 1.90 bits per heavy atom. The van der Waals surface area contributed by atoms with Gasteiger partial charge in [0.05, 0.1) is 0 Å². The third-order valence-corrected chi connectivity index (χ3v) is 5.52. The molecule has 3 heterocycles. The Labute approximate surface area is 118 Å². The standard InChI is InChI=1S/C14H22N4O2/c19-13(11-4-3-10-7-18(11)14(20)16-10)17-12-8-1-2-9(12)6-15-5-8/h8-12,15H,1-7H2,(H,16,20)(H,17,19)/t8?,9?,10-,11-,12?/m1/s1. The molecular formula is C14H22N4O2. The summed E-state index contributed by atoms with van der Waals surface area (Å²) in [6.07, 6.45) is 4.12. The summed E-state index contributed by atoms with van der Waals surface area (Å²) in [5.41, 5.74) is 0. The molecule has 6 heteroatoms. The number of hydrogen-bond donors (Lipinski definition) is 3. The van der Waals surface area contributed by atoms with Gasteiger partial charge >= 0.3 is 6.03 Å². The predicted octanol–water partition coefficient (Wildman–Crippen LogP) is -0.343. The number of amides is 3. The first-order chi connectivity index (χ1) is 9.72. The van der Waals surface area contributed by atoms with Crippen molar-refractivity contribution in [2.24, 2.45) is 11.8 Å². The molecule has 3 amide bonds. The SMILES string of the molecule is O=C(NC1C2CCC1CNC2)[C@H]1CC[C@@H]2CN1C(=O)N2. The molecule has 4 atom stereocenters. The molecule has 4 bridgehead atoms. The van der Waals surface area contributed by atoms with Crippen molar-refractivity contribution in [1.29, 1.82) is 0 Å². The van der Waals surface area contributed by atoms with E-state index in [1.165, 1.54) is 12.8 Å². The number of nitrogens with zero attached hydrogens (tertiary/aromatic N) is 1. The third kappa shape index (κ3) is 1.89. The third-order valence-electron chi connectivity index (χ3n) is 5.52. The van der Waals surface area contributed by atoms with Crippen molar-refractivity contribution >= 4 is 11.9 Å². The van der Waals surface area contributed by atoms with E-state index in [9.17, 15) is 9.59 Å². The van der Waals surface area contributed by atoms with Gasteiger partial charge in [-0.2, -0.15) is 0 Å². The normalized spacial score (nSPS) is 42.5. The lowest BCUT2D eigenvalue weighted by molar-refractivity contribution is -0.127. The second-order valence-corrected chi connectivity index (χ2v) is 6.68. The van der Waals surface area contributed by atoms with Gasteiger partial charge in [0.15, 0.2) is 0 Å². The highest BCUT2D eigenvalue weighted by atomic mass is 16.2. The molecule has 110 valence electrons. The van der Waals surface area contributed by atoms with Crippen LogP contribution >= 0.6 is 0 Å². The van der Waals surface area contributed by atoms with Crippen molar-refractivity contribution in [3.05, 3.63) is 0 Å². The lowest BCUT2D eigenvalue weighted by atomic mass is 9.92. The number of carbonyl (C=O) groups excluding carboxylic acids is 2. The van der Waals surface area contributed by atoms with E-state index in [-0.39, 0.29) is 24.0 Å². The maximum absolute atomic E-state index is 12.6. The monoisotopic (exact) mass is 278 g/mol. The summed E-state index contributed by atoms with van der Waals surface area (Å²) >= 11 is 0. The summed E-state index contributed by atoms with van der Waals surface area (Å²) in [6.45, 7) is 2.72. The summed E-state index contributed by atoms with van der Waals surface area (Å²) in [7, 11) is 0. The molecule has 0 aromatic rings. The number of rotatable bonds is 2. The summed E-state index contributed by atoms with van der Waals surface area (Å²) < 4.78 is 0. The zero-order chi connectivity index (χ0) is 13.7. The molecule has 0 aromatic heterocycles. The first-order valence-corrected chi connectivity index (χ1v) is 7.80. The van der Waals surface area contributed by atoms with Gasteiger partial charge in [0, 0.05) is 18.6 Å². The van der Waals surface area contributed by atoms with E-state index in [0.717, 1.165) is 25.9 Å². The average molecular weight is 278 g/mol. The van der Waals surface area contributed by atoms with E-state index in [1.54, 1.807) is 4.90 Å². The Hall–Kier alpha value is -1.30. The van der Waals surface area contributed by atoms with Crippen molar-refractivity contribution in [2.45, 2.75) is 43.8 Å². The van der Waals surface area contributed by atoms with Crippen LogP contribution in [-0.4, -0.2) is 54.6 Å². The van der Waals surface area contributed by atoms with E-state index >= 15 is 0 Å². The Bertz CT molecular complexity index is 425. The average Bonchev–Trinajstić information content (AvgIpc) is 2.83. The number of fused-ring (bicyclic) bond motifs is 4. The van der Waals surface area contributed by atoms with Gasteiger partial charge in [-0.1, -0.05) is 0 Å². The summed E-state index contributed by atoms with van der Waals surface area (Å²) in [5, 5.41) is 9.62. The van der Waals surface area contributed by atoms with Crippen molar-refractivity contribution in [1.82, 2.24) is 20.9 Å². The summed E-state index contributed by atoms with van der Waals surface area (Å²) in [5.74, 6) is 1.20. The first-order valence-electron chi connectivity index (χ1n) is 7.80. The first kappa shape index (κ1) is 12.4. The van der Waals surface area contributed by atoms with Gasteiger partial charge < -0.3 is 20.9 Å². The van der Waals surface area contributed by atoms with Crippen molar-refractivity contribution in [2.75, 3.05) is 19.6 Å².